The Morgan fingerprint density at radius 2 is 1.60 bits per heavy atom. The number of fused-ring (bicyclic) bond motifs is 2. The average Bonchev–Trinajstić information content (AvgIpc) is 3.19. The van der Waals surface area contributed by atoms with Gasteiger partial charge in [0.2, 0.25) is 0 Å². The van der Waals surface area contributed by atoms with Gasteiger partial charge < -0.3 is 10.2 Å². The first kappa shape index (κ1) is 25.2. The lowest BCUT2D eigenvalue weighted by Gasteiger charge is -2.58. The molecule has 0 radical (unpaired) electrons. The molecule has 0 amide bonds. The summed E-state index contributed by atoms with van der Waals surface area (Å²) in [7, 11) is 0. The maximum atomic E-state index is 12.2. The van der Waals surface area contributed by atoms with Crippen molar-refractivity contribution in [1.29, 1.82) is 0 Å². The molecule has 0 aromatic heterocycles. The monoisotopic (exact) mass is 482 g/mol. The van der Waals surface area contributed by atoms with Crippen LogP contribution in [0.1, 0.15) is 129 Å². The van der Waals surface area contributed by atoms with Gasteiger partial charge in [-0.2, -0.15) is 0 Å². The fourth-order valence-electron chi connectivity index (χ4n) is 9.48. The van der Waals surface area contributed by atoms with Crippen LogP contribution in [0.2, 0.25) is 0 Å². The van der Waals surface area contributed by atoms with Gasteiger partial charge in [0.15, 0.2) is 5.78 Å². The Labute approximate surface area is 211 Å². The third-order valence-corrected chi connectivity index (χ3v) is 11.3. The Bertz CT molecular complexity index is 903. The van der Waals surface area contributed by atoms with Crippen LogP contribution in [0.3, 0.4) is 0 Å². The molecule has 0 aliphatic heterocycles. The normalized spacial score (nSPS) is 37.7. The summed E-state index contributed by atoms with van der Waals surface area (Å²) in [4.78, 5) is 22.8. The number of rotatable bonds is 11. The quantitative estimate of drug-likeness (QED) is 0.303. The highest BCUT2D eigenvalue weighted by atomic mass is 16.4. The third-order valence-electron chi connectivity index (χ3n) is 11.3. The second-order valence-electron chi connectivity index (χ2n) is 12.8. The summed E-state index contributed by atoms with van der Waals surface area (Å²) < 4.78 is 0. The summed E-state index contributed by atoms with van der Waals surface area (Å²) in [5.41, 5.74) is 4.53. The highest BCUT2D eigenvalue weighted by Gasteiger charge is 2.73. The van der Waals surface area contributed by atoms with E-state index in [-0.39, 0.29) is 10.8 Å². The zero-order valence-corrected chi connectivity index (χ0v) is 21.9. The van der Waals surface area contributed by atoms with Crippen molar-refractivity contribution in [3.05, 3.63) is 22.8 Å². The number of hydrogen-bond acceptors (Lipinski definition) is 3. The maximum Gasteiger partial charge on any atom is 0.303 e. The largest absolute Gasteiger partial charge is 0.481 e. The number of aliphatic carboxylic acids is 1. The number of carboxylic acids is 1. The molecule has 5 rings (SSSR count). The molecule has 35 heavy (non-hydrogen) atoms. The minimum atomic E-state index is -0.677. The van der Waals surface area contributed by atoms with Crippen LogP contribution >= 0.6 is 0 Å². The van der Waals surface area contributed by atoms with E-state index in [1.165, 1.54) is 63.4 Å². The van der Waals surface area contributed by atoms with Crippen LogP contribution in [0.25, 0.3) is 0 Å². The van der Waals surface area contributed by atoms with E-state index in [0.29, 0.717) is 30.5 Å². The van der Waals surface area contributed by atoms with Gasteiger partial charge in [-0.1, -0.05) is 57.4 Å². The van der Waals surface area contributed by atoms with E-state index in [0.717, 1.165) is 51.4 Å². The summed E-state index contributed by atoms with van der Waals surface area (Å²) >= 11 is 0. The maximum absolute atomic E-state index is 12.2. The fraction of sp³-hybridized carbons (Fsp3) is 0.806. The van der Waals surface area contributed by atoms with Crippen LogP contribution in [0.5, 0.6) is 0 Å². The van der Waals surface area contributed by atoms with Crippen molar-refractivity contribution >= 4 is 11.8 Å². The molecule has 5 aliphatic rings. The summed E-state index contributed by atoms with van der Waals surface area (Å²) in [6.07, 6.45) is 22.2. The van der Waals surface area contributed by atoms with E-state index < -0.39 is 11.6 Å². The lowest BCUT2D eigenvalue weighted by molar-refractivity contribution is -0.137. The smallest absolute Gasteiger partial charge is 0.303 e. The molecule has 5 aliphatic carbocycles. The van der Waals surface area contributed by atoms with Crippen LogP contribution in [-0.4, -0.2) is 27.6 Å². The van der Waals surface area contributed by atoms with Crippen molar-refractivity contribution in [1.82, 2.24) is 0 Å². The second kappa shape index (κ2) is 9.80. The highest BCUT2D eigenvalue weighted by molar-refractivity contribution is 5.93. The Morgan fingerprint density at radius 3 is 2.29 bits per heavy atom. The Kier molecular flexibility index (Phi) is 7.07. The number of unbranched alkanes of at least 4 members (excludes halogenated alkanes) is 7. The molecule has 3 saturated carbocycles. The van der Waals surface area contributed by atoms with Crippen LogP contribution in [0.15, 0.2) is 22.8 Å². The van der Waals surface area contributed by atoms with Crippen LogP contribution in [0.4, 0.5) is 0 Å². The molecule has 3 fully saturated rings. The van der Waals surface area contributed by atoms with Gasteiger partial charge in [0.25, 0.3) is 0 Å². The lowest BCUT2D eigenvalue weighted by Crippen LogP contribution is -2.53. The SMILES string of the molecule is C[C@]12C[C@H](CCCCCCCCCCC(=O)O)C3=C4CCC(=O)C=C4CCC3C13CCC2(O)CC3. The zero-order valence-electron chi connectivity index (χ0n) is 21.9. The third kappa shape index (κ3) is 4.26. The van der Waals surface area contributed by atoms with Crippen LogP contribution < -0.4 is 0 Å². The number of allylic oxidation sites excluding steroid dienone is 4. The Hall–Kier alpha value is -1.42. The molecular formula is C31H46O4. The van der Waals surface area contributed by atoms with Crippen molar-refractivity contribution in [2.75, 3.05) is 0 Å². The second-order valence-corrected chi connectivity index (χ2v) is 12.8. The molecule has 2 N–H and O–H groups in total. The molecule has 1 unspecified atom stereocenters. The van der Waals surface area contributed by atoms with Gasteiger partial charge in [0.1, 0.15) is 0 Å². The number of carboxylic acid groups (broad SMARTS) is 1. The summed E-state index contributed by atoms with van der Waals surface area (Å²) in [5, 5.41) is 20.5. The van der Waals surface area contributed by atoms with Crippen molar-refractivity contribution in [2.45, 2.75) is 135 Å². The number of hydrogen-bond donors (Lipinski definition) is 2. The summed E-state index contributed by atoms with van der Waals surface area (Å²) in [6, 6.07) is 0. The molecule has 4 nitrogen and oxygen atoms in total. The standard InChI is InChI=1S/C31H46O4/c1-29-21-23(10-8-6-4-2-3-5-7-9-11-27(33)34)28-25-14-13-24(32)20-22(25)12-15-26(28)30(29)16-18-31(29,35)19-17-30/h20,23,26,35H,2-19,21H2,1H3,(H,33,34)/t23-,26?,29-,30?,31?/m0/s1. The fourth-order valence-corrected chi connectivity index (χ4v) is 9.48. The molecular weight excluding hydrogens is 436 g/mol. The van der Waals surface area contributed by atoms with Gasteiger partial charge in [-0.15, -0.1) is 0 Å². The summed E-state index contributed by atoms with van der Waals surface area (Å²) in [5.74, 6) is 0.832. The van der Waals surface area contributed by atoms with E-state index in [1.807, 2.05) is 6.08 Å². The minimum Gasteiger partial charge on any atom is -0.481 e. The van der Waals surface area contributed by atoms with Crippen LogP contribution in [0, 0.1) is 22.7 Å². The predicted octanol–water partition coefficient (Wildman–Crippen LogP) is 7.30. The van der Waals surface area contributed by atoms with Gasteiger partial charge in [-0.3, -0.25) is 9.59 Å². The van der Waals surface area contributed by atoms with Crippen molar-refractivity contribution < 1.29 is 19.8 Å². The average molecular weight is 483 g/mol. The molecule has 0 heterocycles. The molecule has 0 saturated heterocycles. The molecule has 0 aromatic rings. The van der Waals surface area contributed by atoms with Gasteiger partial charge in [0, 0.05) is 18.3 Å². The Morgan fingerprint density at radius 1 is 0.943 bits per heavy atom. The van der Waals surface area contributed by atoms with E-state index >= 15 is 0 Å². The molecule has 2 bridgehead atoms. The Balaban J connectivity index is 1.24. The molecule has 4 heteroatoms. The van der Waals surface area contributed by atoms with Gasteiger partial charge in [-0.25, -0.2) is 0 Å². The van der Waals surface area contributed by atoms with Gasteiger partial charge >= 0.3 is 5.97 Å². The van der Waals surface area contributed by atoms with Crippen molar-refractivity contribution in [3.63, 3.8) is 0 Å². The summed E-state index contributed by atoms with van der Waals surface area (Å²) in [6.45, 7) is 2.45. The lowest BCUT2D eigenvalue weighted by atomic mass is 9.47. The number of ketones is 1. The van der Waals surface area contributed by atoms with Gasteiger partial charge in [-0.05, 0) is 98.7 Å². The number of carbonyl (C=O) groups is 2. The van der Waals surface area contributed by atoms with Gasteiger partial charge in [0.05, 0.1) is 5.60 Å². The topological polar surface area (TPSA) is 74.6 Å². The predicted molar refractivity (Wildman–Crippen MR) is 138 cm³/mol. The number of carbonyl (C=O) groups excluding carboxylic acids is 1. The van der Waals surface area contributed by atoms with E-state index in [4.69, 9.17) is 5.11 Å². The first-order chi connectivity index (χ1) is 16.8. The van der Waals surface area contributed by atoms with Crippen molar-refractivity contribution in [3.8, 4) is 0 Å². The molecule has 0 aromatic carbocycles. The van der Waals surface area contributed by atoms with E-state index in [2.05, 4.69) is 6.92 Å². The first-order valence-electron chi connectivity index (χ1n) is 14.7. The van der Waals surface area contributed by atoms with Crippen molar-refractivity contribution in [2.24, 2.45) is 22.7 Å². The highest BCUT2D eigenvalue weighted by Crippen LogP contribution is 2.78. The molecule has 194 valence electrons. The minimum absolute atomic E-state index is 0.0566. The number of aliphatic hydroxyl groups is 1. The van der Waals surface area contributed by atoms with E-state index in [9.17, 15) is 14.7 Å². The van der Waals surface area contributed by atoms with E-state index in [1.54, 1.807) is 11.1 Å². The molecule has 0 spiro atoms. The first-order valence-corrected chi connectivity index (χ1v) is 14.7. The zero-order chi connectivity index (χ0) is 24.7. The molecule has 3 atom stereocenters. The van der Waals surface area contributed by atoms with Crippen LogP contribution in [-0.2, 0) is 9.59 Å².